The SMILES string of the molecule is c1ccc(-c2nc(-c3ccccc3)nc(-c3ccc4ccccc4c3-c3cc4c(c5c3oc3ccccc35)SC(c3ccc5c(c3)oc3ccccc35)N4)n2)cc1. The molecule has 1 N–H and O–H groups in total. The highest BCUT2D eigenvalue weighted by atomic mass is 32.2. The number of furan rings is 2. The van der Waals surface area contributed by atoms with E-state index in [9.17, 15) is 0 Å². The van der Waals surface area contributed by atoms with Gasteiger partial charge in [-0.2, -0.15) is 0 Å². The molecule has 0 saturated heterocycles. The lowest BCUT2D eigenvalue weighted by Crippen LogP contribution is -2.02. The molecule has 6 nitrogen and oxygen atoms in total. The Hall–Kier alpha value is -7.22. The van der Waals surface area contributed by atoms with Crippen LogP contribution in [0.5, 0.6) is 0 Å². The summed E-state index contributed by atoms with van der Waals surface area (Å²) in [5.74, 6) is 1.82. The summed E-state index contributed by atoms with van der Waals surface area (Å²) in [5, 5.41) is 10.5. The summed E-state index contributed by atoms with van der Waals surface area (Å²) in [6, 6.07) is 58.4. The quantitative estimate of drug-likeness (QED) is 0.188. The Kier molecular flexibility index (Phi) is 7.12. The fourth-order valence-electron chi connectivity index (χ4n) is 8.31. The third-order valence-corrected chi connectivity index (χ3v) is 12.3. The van der Waals surface area contributed by atoms with Crippen molar-refractivity contribution in [2.24, 2.45) is 0 Å². The molecule has 11 aromatic rings. The molecule has 0 aliphatic carbocycles. The average Bonchev–Trinajstić information content (AvgIpc) is 3.99. The van der Waals surface area contributed by atoms with Crippen molar-refractivity contribution in [2.45, 2.75) is 10.3 Å². The van der Waals surface area contributed by atoms with E-state index in [1.165, 1.54) is 0 Å². The molecule has 57 heavy (non-hydrogen) atoms. The van der Waals surface area contributed by atoms with Crippen LogP contribution in [0.15, 0.2) is 184 Å². The lowest BCUT2D eigenvalue weighted by Gasteiger charge is -2.16. The molecule has 1 aliphatic rings. The maximum absolute atomic E-state index is 6.91. The summed E-state index contributed by atoms with van der Waals surface area (Å²) in [6.07, 6.45) is 0. The van der Waals surface area contributed by atoms with Gasteiger partial charge in [-0.3, -0.25) is 0 Å². The van der Waals surface area contributed by atoms with Crippen LogP contribution >= 0.6 is 11.8 Å². The van der Waals surface area contributed by atoms with Gasteiger partial charge in [0.15, 0.2) is 17.5 Å². The molecular weight excluding hydrogens is 721 g/mol. The maximum Gasteiger partial charge on any atom is 0.164 e. The van der Waals surface area contributed by atoms with Gasteiger partial charge < -0.3 is 14.2 Å². The largest absolute Gasteiger partial charge is 0.456 e. The normalized spacial score (nSPS) is 13.9. The second-order valence-corrected chi connectivity index (χ2v) is 15.5. The summed E-state index contributed by atoms with van der Waals surface area (Å²) >= 11 is 1.82. The zero-order chi connectivity index (χ0) is 37.5. The number of anilines is 1. The Labute approximate surface area is 330 Å². The van der Waals surface area contributed by atoms with Crippen molar-refractivity contribution in [3.8, 4) is 45.3 Å². The Morgan fingerprint density at radius 1 is 0.474 bits per heavy atom. The molecule has 3 aromatic heterocycles. The molecule has 7 heteroatoms. The fraction of sp³-hybridized carbons (Fsp3) is 0.0200. The smallest absolute Gasteiger partial charge is 0.164 e. The number of aromatic nitrogens is 3. The van der Waals surface area contributed by atoms with E-state index < -0.39 is 0 Å². The first-order valence-corrected chi connectivity index (χ1v) is 19.8. The summed E-state index contributed by atoms with van der Waals surface area (Å²) in [5.41, 5.74) is 10.4. The van der Waals surface area contributed by atoms with Gasteiger partial charge in [0.1, 0.15) is 27.7 Å². The number of hydrogen-bond acceptors (Lipinski definition) is 7. The van der Waals surface area contributed by atoms with E-state index in [1.807, 2.05) is 90.6 Å². The molecule has 0 bridgehead atoms. The van der Waals surface area contributed by atoms with E-state index in [-0.39, 0.29) is 5.37 Å². The van der Waals surface area contributed by atoms with Gasteiger partial charge in [0.25, 0.3) is 0 Å². The Morgan fingerprint density at radius 2 is 1.09 bits per heavy atom. The number of para-hydroxylation sites is 2. The topological polar surface area (TPSA) is 77.0 Å². The summed E-state index contributed by atoms with van der Waals surface area (Å²) in [6.45, 7) is 0. The van der Waals surface area contributed by atoms with Crippen LogP contribution in [0.2, 0.25) is 0 Å². The molecule has 1 aliphatic heterocycles. The maximum atomic E-state index is 6.91. The van der Waals surface area contributed by atoms with Gasteiger partial charge in [0, 0.05) is 54.3 Å². The number of benzene rings is 8. The second-order valence-electron chi connectivity index (χ2n) is 14.3. The highest BCUT2D eigenvalue weighted by Gasteiger charge is 2.31. The minimum Gasteiger partial charge on any atom is -0.456 e. The fourth-order valence-corrected chi connectivity index (χ4v) is 9.58. The lowest BCUT2D eigenvalue weighted by atomic mass is 9.91. The molecule has 8 aromatic carbocycles. The van der Waals surface area contributed by atoms with Crippen molar-refractivity contribution in [1.82, 2.24) is 15.0 Å². The first kappa shape index (κ1) is 32.1. The summed E-state index contributed by atoms with van der Waals surface area (Å²) < 4.78 is 13.2. The standard InChI is InChI=1S/C50H30N4O2S/c1-3-14-30(15-4-1)47-52-48(31-16-5-2-6-17-31)54-49(53-47)37-26-23-29-13-7-8-18-33(29)43(37)38-28-39-46(44-36-20-10-12-22-41(36)56-45(38)44)57-50(51-39)32-24-25-35-34-19-9-11-21-40(34)55-42(35)27-32/h1-28,50-51H. The van der Waals surface area contributed by atoms with Gasteiger partial charge in [-0.05, 0) is 46.7 Å². The van der Waals surface area contributed by atoms with Crippen molar-refractivity contribution in [1.29, 1.82) is 0 Å². The van der Waals surface area contributed by atoms with Crippen LogP contribution in [-0.2, 0) is 0 Å². The predicted octanol–water partition coefficient (Wildman–Crippen LogP) is 13.7. The van der Waals surface area contributed by atoms with Gasteiger partial charge in [-0.15, -0.1) is 0 Å². The number of fused-ring (bicyclic) bond motifs is 9. The molecule has 0 radical (unpaired) electrons. The van der Waals surface area contributed by atoms with Crippen molar-refractivity contribution in [2.75, 3.05) is 5.32 Å². The van der Waals surface area contributed by atoms with Crippen LogP contribution in [0, 0.1) is 0 Å². The van der Waals surface area contributed by atoms with E-state index in [1.54, 1.807) is 0 Å². The first-order chi connectivity index (χ1) is 28.2. The molecule has 4 heterocycles. The molecule has 0 fully saturated rings. The van der Waals surface area contributed by atoms with Crippen molar-refractivity contribution in [3.63, 3.8) is 0 Å². The Bertz CT molecular complexity index is 3320. The molecule has 0 spiro atoms. The third-order valence-electron chi connectivity index (χ3n) is 11.0. The molecule has 12 rings (SSSR count). The monoisotopic (exact) mass is 750 g/mol. The van der Waals surface area contributed by atoms with Crippen LogP contribution in [0.25, 0.3) is 99.9 Å². The Morgan fingerprint density at radius 3 is 1.84 bits per heavy atom. The Balaban J connectivity index is 1.09. The first-order valence-electron chi connectivity index (χ1n) is 19.0. The number of hydrogen-bond donors (Lipinski definition) is 1. The van der Waals surface area contributed by atoms with E-state index >= 15 is 0 Å². The minimum absolute atomic E-state index is 0.0397. The van der Waals surface area contributed by atoms with E-state index in [0.717, 1.165) is 98.6 Å². The zero-order valence-electron chi connectivity index (χ0n) is 30.3. The van der Waals surface area contributed by atoms with Gasteiger partial charge in [-0.25, -0.2) is 15.0 Å². The molecule has 1 unspecified atom stereocenters. The van der Waals surface area contributed by atoms with Gasteiger partial charge in [-0.1, -0.05) is 151 Å². The van der Waals surface area contributed by atoms with Crippen molar-refractivity contribution in [3.05, 3.63) is 175 Å². The number of rotatable bonds is 5. The second kappa shape index (κ2) is 12.7. The number of thioether (sulfide) groups is 1. The summed E-state index contributed by atoms with van der Waals surface area (Å²) in [4.78, 5) is 16.6. The van der Waals surface area contributed by atoms with Gasteiger partial charge in [0.05, 0.1) is 5.69 Å². The van der Waals surface area contributed by atoms with Crippen LogP contribution in [0.1, 0.15) is 10.9 Å². The minimum atomic E-state index is -0.0397. The number of nitrogens with zero attached hydrogens (tertiary/aromatic N) is 3. The highest BCUT2D eigenvalue weighted by Crippen LogP contribution is 2.55. The van der Waals surface area contributed by atoms with Gasteiger partial charge in [0.2, 0.25) is 0 Å². The number of nitrogens with one attached hydrogen (secondary N) is 1. The van der Waals surface area contributed by atoms with E-state index in [0.29, 0.717) is 17.5 Å². The van der Waals surface area contributed by atoms with Crippen LogP contribution in [0.3, 0.4) is 0 Å². The van der Waals surface area contributed by atoms with Gasteiger partial charge >= 0.3 is 0 Å². The van der Waals surface area contributed by atoms with Crippen LogP contribution in [-0.4, -0.2) is 15.0 Å². The highest BCUT2D eigenvalue weighted by molar-refractivity contribution is 8.00. The van der Waals surface area contributed by atoms with Crippen molar-refractivity contribution >= 4 is 72.1 Å². The van der Waals surface area contributed by atoms with Crippen LogP contribution in [0.4, 0.5) is 5.69 Å². The molecule has 0 amide bonds. The molecule has 0 saturated carbocycles. The third kappa shape index (κ3) is 5.16. The summed E-state index contributed by atoms with van der Waals surface area (Å²) in [7, 11) is 0. The molecule has 1 atom stereocenters. The van der Waals surface area contributed by atoms with E-state index in [2.05, 4.69) is 96.3 Å². The van der Waals surface area contributed by atoms with E-state index in [4.69, 9.17) is 23.8 Å². The molecule has 268 valence electrons. The van der Waals surface area contributed by atoms with Crippen molar-refractivity contribution < 1.29 is 8.83 Å². The van der Waals surface area contributed by atoms with Crippen LogP contribution < -0.4 is 5.32 Å². The molecular formula is C50H30N4O2S. The average molecular weight is 751 g/mol. The zero-order valence-corrected chi connectivity index (χ0v) is 31.1. The lowest BCUT2D eigenvalue weighted by molar-refractivity contribution is 0.668. The predicted molar refractivity (Wildman–Crippen MR) is 232 cm³/mol.